The molecule has 19 heavy (non-hydrogen) atoms. The largest absolute Gasteiger partial charge is 0.493 e. The summed E-state index contributed by atoms with van der Waals surface area (Å²) in [6, 6.07) is 5.76. The van der Waals surface area contributed by atoms with Crippen molar-refractivity contribution in [2.75, 3.05) is 14.2 Å². The molecule has 98 valence electrons. The first-order valence-electron chi connectivity index (χ1n) is 6.32. The molecule has 0 bridgehead atoms. The highest BCUT2D eigenvalue weighted by Gasteiger charge is 2.20. The van der Waals surface area contributed by atoms with Gasteiger partial charge in [-0.05, 0) is 30.5 Å². The third kappa shape index (κ3) is 1.93. The third-order valence-corrected chi connectivity index (χ3v) is 3.51. The zero-order valence-electron chi connectivity index (χ0n) is 11.0. The van der Waals surface area contributed by atoms with E-state index in [0.29, 0.717) is 23.6 Å². The number of Topliss-reactive ketones (excluding diaryl/α,β-unsaturated/α-hetero) is 1. The van der Waals surface area contributed by atoms with Gasteiger partial charge in [0.2, 0.25) is 0 Å². The molecule has 0 N–H and O–H groups in total. The van der Waals surface area contributed by atoms with Crippen LogP contribution in [0.25, 0.3) is 10.9 Å². The minimum absolute atomic E-state index is 0.137. The number of nitrogens with zero attached hydrogens (tertiary/aromatic N) is 1. The molecule has 0 aliphatic heterocycles. The quantitative estimate of drug-likeness (QED) is 0.830. The molecule has 1 aliphatic carbocycles. The molecule has 0 radical (unpaired) electrons. The van der Waals surface area contributed by atoms with Gasteiger partial charge in [0.05, 0.1) is 19.7 Å². The number of aromatic nitrogens is 1. The van der Waals surface area contributed by atoms with Crippen molar-refractivity contribution < 1.29 is 14.3 Å². The molecule has 0 amide bonds. The van der Waals surface area contributed by atoms with E-state index in [9.17, 15) is 4.79 Å². The molecule has 2 aromatic rings. The van der Waals surface area contributed by atoms with Crippen LogP contribution in [-0.4, -0.2) is 25.0 Å². The zero-order valence-corrected chi connectivity index (χ0v) is 11.0. The molecule has 0 spiro atoms. The Bertz CT molecular complexity index is 664. The Morgan fingerprint density at radius 3 is 2.53 bits per heavy atom. The molecule has 1 heterocycles. The first-order chi connectivity index (χ1) is 9.22. The highest BCUT2D eigenvalue weighted by Crippen LogP contribution is 2.33. The number of methoxy groups -OCH3 is 2. The maximum absolute atomic E-state index is 11.9. The number of carbonyl (C=O) groups excluding carboxylic acids is 1. The smallest absolute Gasteiger partial charge is 0.181 e. The van der Waals surface area contributed by atoms with Crippen LogP contribution in [0.1, 0.15) is 28.9 Å². The van der Waals surface area contributed by atoms with E-state index in [1.165, 1.54) is 0 Å². The predicted molar refractivity (Wildman–Crippen MR) is 72.1 cm³/mol. The van der Waals surface area contributed by atoms with Crippen molar-refractivity contribution in [2.24, 2.45) is 0 Å². The first kappa shape index (κ1) is 12.0. The predicted octanol–water partition coefficient (Wildman–Crippen LogP) is 2.77. The fraction of sp³-hybridized carbons (Fsp3) is 0.333. The van der Waals surface area contributed by atoms with Gasteiger partial charge in [-0.1, -0.05) is 0 Å². The Hall–Kier alpha value is -2.10. The lowest BCUT2D eigenvalue weighted by Crippen LogP contribution is -2.13. The van der Waals surface area contributed by atoms with Crippen LogP contribution in [0.4, 0.5) is 0 Å². The Labute approximate surface area is 111 Å². The van der Waals surface area contributed by atoms with E-state index in [0.717, 1.165) is 29.3 Å². The summed E-state index contributed by atoms with van der Waals surface area (Å²) in [4.78, 5) is 16.4. The fourth-order valence-corrected chi connectivity index (χ4v) is 2.53. The van der Waals surface area contributed by atoms with Crippen LogP contribution in [0.2, 0.25) is 0 Å². The van der Waals surface area contributed by atoms with Crippen LogP contribution in [0.15, 0.2) is 18.2 Å². The molecule has 1 aromatic carbocycles. The SMILES string of the molecule is COc1cc2cc3c(nc2cc1OC)C(=O)CCC3. The van der Waals surface area contributed by atoms with Gasteiger partial charge < -0.3 is 9.47 Å². The lowest BCUT2D eigenvalue weighted by molar-refractivity contribution is 0.0967. The number of ketones is 1. The van der Waals surface area contributed by atoms with E-state index in [1.54, 1.807) is 14.2 Å². The summed E-state index contributed by atoms with van der Waals surface area (Å²) in [5, 5.41) is 0.978. The number of aryl methyl sites for hydroxylation is 1. The summed E-state index contributed by atoms with van der Waals surface area (Å²) < 4.78 is 10.6. The second kappa shape index (κ2) is 4.53. The number of benzene rings is 1. The number of ether oxygens (including phenoxy) is 2. The highest BCUT2D eigenvalue weighted by molar-refractivity contribution is 5.99. The molecule has 4 heteroatoms. The summed E-state index contributed by atoms with van der Waals surface area (Å²) >= 11 is 0. The summed E-state index contributed by atoms with van der Waals surface area (Å²) in [5.74, 6) is 1.45. The van der Waals surface area contributed by atoms with E-state index in [2.05, 4.69) is 4.98 Å². The van der Waals surface area contributed by atoms with E-state index in [1.807, 2.05) is 18.2 Å². The monoisotopic (exact) mass is 257 g/mol. The summed E-state index contributed by atoms with van der Waals surface area (Å²) in [6.45, 7) is 0. The number of hydrogen-bond donors (Lipinski definition) is 0. The van der Waals surface area contributed by atoms with E-state index < -0.39 is 0 Å². The molecule has 1 aliphatic rings. The highest BCUT2D eigenvalue weighted by atomic mass is 16.5. The van der Waals surface area contributed by atoms with Crippen LogP contribution in [0.5, 0.6) is 11.5 Å². The van der Waals surface area contributed by atoms with Crippen LogP contribution >= 0.6 is 0 Å². The van der Waals surface area contributed by atoms with Gasteiger partial charge >= 0.3 is 0 Å². The van der Waals surface area contributed by atoms with Crippen LogP contribution < -0.4 is 9.47 Å². The van der Waals surface area contributed by atoms with Gasteiger partial charge in [-0.25, -0.2) is 4.98 Å². The Morgan fingerprint density at radius 1 is 1.05 bits per heavy atom. The van der Waals surface area contributed by atoms with Crippen molar-refractivity contribution in [1.82, 2.24) is 4.98 Å². The molecule has 0 unspecified atom stereocenters. The number of hydrogen-bond acceptors (Lipinski definition) is 4. The first-order valence-corrected chi connectivity index (χ1v) is 6.32. The van der Waals surface area contributed by atoms with E-state index in [-0.39, 0.29) is 5.78 Å². The van der Waals surface area contributed by atoms with E-state index in [4.69, 9.17) is 9.47 Å². The zero-order chi connectivity index (χ0) is 13.4. The number of pyridine rings is 1. The van der Waals surface area contributed by atoms with Crippen LogP contribution in [0, 0.1) is 0 Å². The average Bonchev–Trinajstić information content (AvgIpc) is 2.44. The Morgan fingerprint density at radius 2 is 1.79 bits per heavy atom. The van der Waals surface area contributed by atoms with Crippen molar-refractivity contribution in [3.63, 3.8) is 0 Å². The van der Waals surface area contributed by atoms with Crippen molar-refractivity contribution in [2.45, 2.75) is 19.3 Å². The van der Waals surface area contributed by atoms with Crippen molar-refractivity contribution in [3.8, 4) is 11.5 Å². The minimum Gasteiger partial charge on any atom is -0.493 e. The number of carbonyl (C=O) groups is 1. The normalized spacial score (nSPS) is 14.3. The molecule has 0 fully saturated rings. The number of fused-ring (bicyclic) bond motifs is 2. The molecule has 0 atom stereocenters. The van der Waals surface area contributed by atoms with Gasteiger partial charge in [0.1, 0.15) is 5.69 Å². The van der Waals surface area contributed by atoms with Crippen molar-refractivity contribution >= 4 is 16.7 Å². The fourth-order valence-electron chi connectivity index (χ4n) is 2.53. The van der Waals surface area contributed by atoms with Gasteiger partial charge in [-0.2, -0.15) is 0 Å². The Balaban J connectivity index is 2.25. The molecule has 0 saturated heterocycles. The average molecular weight is 257 g/mol. The molecule has 4 nitrogen and oxygen atoms in total. The summed E-state index contributed by atoms with van der Waals surface area (Å²) in [5.41, 5.74) is 2.42. The van der Waals surface area contributed by atoms with Gasteiger partial charge in [0.25, 0.3) is 0 Å². The molecule has 3 rings (SSSR count). The standard InChI is InChI=1S/C15H15NO3/c1-18-13-7-10-6-9-4-3-5-12(17)15(9)16-11(10)8-14(13)19-2/h6-8H,3-5H2,1-2H3. The molecular formula is C15H15NO3. The van der Waals surface area contributed by atoms with Crippen molar-refractivity contribution in [1.29, 1.82) is 0 Å². The van der Waals surface area contributed by atoms with Crippen LogP contribution in [0.3, 0.4) is 0 Å². The maximum Gasteiger partial charge on any atom is 0.181 e. The van der Waals surface area contributed by atoms with Crippen molar-refractivity contribution in [3.05, 3.63) is 29.5 Å². The van der Waals surface area contributed by atoms with Gasteiger partial charge in [-0.15, -0.1) is 0 Å². The van der Waals surface area contributed by atoms with Crippen LogP contribution in [-0.2, 0) is 6.42 Å². The van der Waals surface area contributed by atoms with Gasteiger partial charge in [0, 0.05) is 17.9 Å². The molecule has 0 saturated carbocycles. The lowest BCUT2D eigenvalue weighted by Gasteiger charge is -2.15. The van der Waals surface area contributed by atoms with Gasteiger partial charge in [-0.3, -0.25) is 4.79 Å². The third-order valence-electron chi connectivity index (χ3n) is 3.51. The summed E-state index contributed by atoms with van der Waals surface area (Å²) in [7, 11) is 3.20. The lowest BCUT2D eigenvalue weighted by atomic mass is 9.93. The molecule has 1 aromatic heterocycles. The summed E-state index contributed by atoms with van der Waals surface area (Å²) in [6.07, 6.45) is 2.42. The van der Waals surface area contributed by atoms with E-state index >= 15 is 0 Å². The maximum atomic E-state index is 11.9. The topological polar surface area (TPSA) is 48.4 Å². The number of rotatable bonds is 2. The molecular weight excluding hydrogens is 242 g/mol. The minimum atomic E-state index is 0.137. The van der Waals surface area contributed by atoms with Gasteiger partial charge in [0.15, 0.2) is 17.3 Å². The Kier molecular flexibility index (Phi) is 2.85. The second-order valence-electron chi connectivity index (χ2n) is 4.67. The second-order valence-corrected chi connectivity index (χ2v) is 4.67.